The molecule has 0 bridgehead atoms. The zero-order chi connectivity index (χ0) is 13.2. The van der Waals surface area contributed by atoms with E-state index in [1.165, 1.54) is 0 Å². The predicted octanol–water partition coefficient (Wildman–Crippen LogP) is 3.41. The number of pyridine rings is 1. The third kappa shape index (κ3) is 2.42. The molecule has 2 aromatic heterocycles. The van der Waals surface area contributed by atoms with Gasteiger partial charge in [0.05, 0.1) is 6.04 Å². The Morgan fingerprint density at radius 1 is 1.42 bits per heavy atom. The molecule has 3 heterocycles. The van der Waals surface area contributed by atoms with Crippen LogP contribution in [-0.4, -0.2) is 22.3 Å². The minimum atomic E-state index is -0.0583. The first-order chi connectivity index (χ1) is 9.25. The Hall–Kier alpha value is -1.62. The summed E-state index contributed by atoms with van der Waals surface area (Å²) in [6.45, 7) is 0.761. The van der Waals surface area contributed by atoms with Crippen molar-refractivity contribution in [3.8, 4) is 0 Å². The van der Waals surface area contributed by atoms with Crippen LogP contribution in [0.4, 0.5) is 0 Å². The Morgan fingerprint density at radius 2 is 2.32 bits per heavy atom. The van der Waals surface area contributed by atoms with Crippen molar-refractivity contribution in [3.63, 3.8) is 0 Å². The fourth-order valence-corrected chi connectivity index (χ4v) is 2.81. The maximum atomic E-state index is 12.4. The lowest BCUT2D eigenvalue weighted by molar-refractivity contribution is 0.0701. The number of rotatable bonds is 2. The summed E-state index contributed by atoms with van der Waals surface area (Å²) < 4.78 is 5.93. The van der Waals surface area contributed by atoms with E-state index in [1.54, 1.807) is 18.3 Å². The van der Waals surface area contributed by atoms with E-state index in [0.29, 0.717) is 10.4 Å². The van der Waals surface area contributed by atoms with Crippen LogP contribution in [0, 0.1) is 0 Å². The molecule has 3 rings (SSSR count). The van der Waals surface area contributed by atoms with Gasteiger partial charge in [-0.05, 0) is 52.5 Å². The van der Waals surface area contributed by atoms with Crippen LogP contribution in [0.1, 0.15) is 35.0 Å². The van der Waals surface area contributed by atoms with Crippen LogP contribution in [-0.2, 0) is 0 Å². The number of likely N-dealkylation sites (tertiary alicyclic amines) is 1. The molecule has 1 unspecified atom stereocenters. The molecule has 1 fully saturated rings. The lowest BCUT2D eigenvalue weighted by Gasteiger charge is -2.23. The largest absolute Gasteiger partial charge is 0.444 e. The molecule has 1 amide bonds. The van der Waals surface area contributed by atoms with Crippen molar-refractivity contribution in [1.82, 2.24) is 9.88 Å². The number of carbonyl (C=O) groups excluding carboxylic acids is 1. The second-order valence-corrected chi connectivity index (χ2v) is 5.33. The van der Waals surface area contributed by atoms with Crippen LogP contribution < -0.4 is 0 Å². The molecular formula is C14H13BrN2O2. The van der Waals surface area contributed by atoms with Crippen molar-refractivity contribution in [2.45, 2.75) is 18.9 Å². The van der Waals surface area contributed by atoms with E-state index in [1.807, 2.05) is 23.2 Å². The smallest absolute Gasteiger partial charge is 0.290 e. The van der Waals surface area contributed by atoms with Crippen LogP contribution in [0.3, 0.4) is 0 Å². The molecule has 1 atom stereocenters. The molecule has 0 radical (unpaired) electrons. The fraction of sp³-hybridized carbons (Fsp3) is 0.286. The van der Waals surface area contributed by atoms with Gasteiger partial charge in [-0.1, -0.05) is 6.07 Å². The maximum Gasteiger partial charge on any atom is 0.290 e. The van der Waals surface area contributed by atoms with Crippen molar-refractivity contribution < 1.29 is 9.21 Å². The van der Waals surface area contributed by atoms with Gasteiger partial charge in [-0.3, -0.25) is 9.78 Å². The molecule has 0 N–H and O–H groups in total. The van der Waals surface area contributed by atoms with Gasteiger partial charge in [-0.15, -0.1) is 0 Å². The Bertz CT molecular complexity index is 582. The molecule has 19 heavy (non-hydrogen) atoms. The number of hydrogen-bond acceptors (Lipinski definition) is 3. The summed E-state index contributed by atoms with van der Waals surface area (Å²) in [5, 5.41) is 0. The highest BCUT2D eigenvalue weighted by molar-refractivity contribution is 9.10. The molecule has 5 heteroatoms. The summed E-state index contributed by atoms with van der Waals surface area (Å²) >= 11 is 3.22. The molecule has 0 spiro atoms. The molecule has 0 aliphatic carbocycles. The summed E-state index contributed by atoms with van der Waals surface area (Å²) in [5.41, 5.74) is 1.08. The number of hydrogen-bond donors (Lipinski definition) is 0. The second-order valence-electron chi connectivity index (χ2n) is 4.55. The molecule has 0 saturated carbocycles. The van der Waals surface area contributed by atoms with E-state index in [2.05, 4.69) is 20.9 Å². The van der Waals surface area contributed by atoms with Crippen LogP contribution >= 0.6 is 15.9 Å². The zero-order valence-electron chi connectivity index (χ0n) is 10.3. The van der Waals surface area contributed by atoms with Crippen LogP contribution in [0.5, 0.6) is 0 Å². The molecule has 1 aliphatic heterocycles. The highest BCUT2D eigenvalue weighted by Gasteiger charge is 2.32. The predicted molar refractivity (Wildman–Crippen MR) is 73.7 cm³/mol. The van der Waals surface area contributed by atoms with Crippen molar-refractivity contribution in [1.29, 1.82) is 0 Å². The van der Waals surface area contributed by atoms with Gasteiger partial charge in [-0.25, -0.2) is 0 Å². The van der Waals surface area contributed by atoms with E-state index in [4.69, 9.17) is 4.42 Å². The first kappa shape index (κ1) is 12.4. The number of carbonyl (C=O) groups is 1. The van der Waals surface area contributed by atoms with Gasteiger partial charge in [-0.2, -0.15) is 0 Å². The average Bonchev–Trinajstić information content (AvgIpc) is 3.07. The van der Waals surface area contributed by atoms with Crippen LogP contribution in [0.2, 0.25) is 0 Å². The van der Waals surface area contributed by atoms with Crippen molar-refractivity contribution >= 4 is 21.8 Å². The Balaban J connectivity index is 1.86. The minimum absolute atomic E-state index is 0.0583. The van der Waals surface area contributed by atoms with Gasteiger partial charge >= 0.3 is 0 Å². The van der Waals surface area contributed by atoms with Crippen LogP contribution in [0.15, 0.2) is 45.7 Å². The highest BCUT2D eigenvalue weighted by atomic mass is 79.9. The second kappa shape index (κ2) is 5.17. The summed E-state index contributed by atoms with van der Waals surface area (Å²) in [7, 11) is 0. The first-order valence-electron chi connectivity index (χ1n) is 6.22. The van der Waals surface area contributed by atoms with Gasteiger partial charge in [0.2, 0.25) is 0 Å². The van der Waals surface area contributed by atoms with Gasteiger partial charge < -0.3 is 9.32 Å². The van der Waals surface area contributed by atoms with Gasteiger partial charge in [0.15, 0.2) is 10.4 Å². The van der Waals surface area contributed by atoms with Gasteiger partial charge in [0, 0.05) is 18.9 Å². The quantitative estimate of drug-likeness (QED) is 0.851. The molecule has 0 aromatic carbocycles. The monoisotopic (exact) mass is 320 g/mol. The normalized spacial score (nSPS) is 18.8. The van der Waals surface area contributed by atoms with E-state index in [0.717, 1.165) is 24.9 Å². The summed E-state index contributed by atoms with van der Waals surface area (Å²) in [4.78, 5) is 18.4. The molecular weight excluding hydrogens is 308 g/mol. The van der Waals surface area contributed by atoms with Crippen molar-refractivity contribution in [2.24, 2.45) is 0 Å². The number of amides is 1. The SMILES string of the molecule is O=C(c1ccc(Br)o1)N1CCCC1c1cccnc1. The Labute approximate surface area is 119 Å². The number of furan rings is 1. The molecule has 1 aliphatic rings. The standard InChI is InChI=1S/C14H13BrN2O2/c15-13-6-5-12(19-13)14(18)17-8-2-4-11(17)10-3-1-7-16-9-10/h1,3,5-7,9,11H,2,4,8H2. The van der Waals surface area contributed by atoms with Crippen LogP contribution in [0.25, 0.3) is 0 Å². The maximum absolute atomic E-state index is 12.4. The van der Waals surface area contributed by atoms with Gasteiger partial charge in [0.1, 0.15) is 0 Å². The molecule has 2 aromatic rings. The topological polar surface area (TPSA) is 46.3 Å². The number of aromatic nitrogens is 1. The van der Waals surface area contributed by atoms with Crippen molar-refractivity contribution in [3.05, 3.63) is 52.7 Å². The lowest BCUT2D eigenvalue weighted by atomic mass is 10.1. The Morgan fingerprint density at radius 3 is 3.00 bits per heavy atom. The summed E-state index contributed by atoms with van der Waals surface area (Å²) in [5.74, 6) is 0.319. The molecule has 98 valence electrons. The average molecular weight is 321 g/mol. The third-order valence-corrected chi connectivity index (χ3v) is 3.79. The van der Waals surface area contributed by atoms with E-state index < -0.39 is 0 Å². The lowest BCUT2D eigenvalue weighted by Crippen LogP contribution is -2.30. The highest BCUT2D eigenvalue weighted by Crippen LogP contribution is 2.33. The minimum Gasteiger partial charge on any atom is -0.444 e. The Kier molecular flexibility index (Phi) is 3.38. The first-order valence-corrected chi connectivity index (χ1v) is 7.01. The zero-order valence-corrected chi connectivity index (χ0v) is 11.8. The van der Waals surface area contributed by atoms with Crippen molar-refractivity contribution in [2.75, 3.05) is 6.54 Å². The van der Waals surface area contributed by atoms with E-state index >= 15 is 0 Å². The summed E-state index contributed by atoms with van der Waals surface area (Å²) in [6, 6.07) is 7.46. The van der Waals surface area contributed by atoms with Gasteiger partial charge in [0.25, 0.3) is 5.91 Å². The van der Waals surface area contributed by atoms with E-state index in [-0.39, 0.29) is 11.9 Å². The third-order valence-electron chi connectivity index (χ3n) is 3.37. The number of nitrogens with zero attached hydrogens (tertiary/aromatic N) is 2. The summed E-state index contributed by atoms with van der Waals surface area (Å²) in [6.07, 6.45) is 5.55. The molecule has 1 saturated heterocycles. The number of halogens is 1. The molecule has 4 nitrogen and oxygen atoms in total. The van der Waals surface area contributed by atoms with E-state index in [9.17, 15) is 4.79 Å². The fourth-order valence-electron chi connectivity index (χ4n) is 2.50.